The van der Waals surface area contributed by atoms with Gasteiger partial charge in [0, 0.05) is 12.7 Å². The summed E-state index contributed by atoms with van der Waals surface area (Å²) in [5.74, 6) is -4.51. The first kappa shape index (κ1) is 21.9. The van der Waals surface area contributed by atoms with Crippen LogP contribution in [0.15, 0.2) is 24.3 Å². The fourth-order valence-corrected chi connectivity index (χ4v) is 2.45. The van der Waals surface area contributed by atoms with Gasteiger partial charge < -0.3 is 15.2 Å². The zero-order valence-corrected chi connectivity index (χ0v) is 15.3. The lowest BCUT2D eigenvalue weighted by Crippen LogP contribution is -2.38. The highest BCUT2D eigenvalue weighted by Gasteiger charge is 2.31. The number of hydrogen-bond acceptors (Lipinski definition) is 4. The van der Waals surface area contributed by atoms with Crippen LogP contribution in [0.1, 0.15) is 26.4 Å². The van der Waals surface area contributed by atoms with Crippen molar-refractivity contribution >= 4 is 34.9 Å². The van der Waals surface area contributed by atoms with Gasteiger partial charge >= 0.3 is 6.18 Å². The molecule has 0 radical (unpaired) electrons. The lowest BCUT2D eigenvalue weighted by atomic mass is 10.2. The van der Waals surface area contributed by atoms with Crippen LogP contribution >= 0.6 is 11.6 Å². The van der Waals surface area contributed by atoms with Gasteiger partial charge in [0.1, 0.15) is 29.3 Å². The van der Waals surface area contributed by atoms with Crippen LogP contribution in [0.3, 0.4) is 0 Å². The van der Waals surface area contributed by atoms with Crippen molar-refractivity contribution in [1.29, 1.82) is 5.26 Å². The van der Waals surface area contributed by atoms with E-state index in [4.69, 9.17) is 16.9 Å². The maximum absolute atomic E-state index is 13.3. The Bertz CT molecular complexity index is 1040. The van der Waals surface area contributed by atoms with E-state index in [0.29, 0.717) is 0 Å². The highest BCUT2D eigenvalue weighted by atomic mass is 35.5. The normalized spacial score (nSPS) is 10.9. The summed E-state index contributed by atoms with van der Waals surface area (Å²) in [6, 6.07) is 5.77. The minimum Gasteiger partial charge on any atom is -0.340 e. The number of nitrogens with zero attached hydrogens (tertiary/aromatic N) is 2. The zero-order valence-electron chi connectivity index (χ0n) is 14.5. The van der Waals surface area contributed by atoms with E-state index in [9.17, 15) is 31.9 Å². The molecule has 12 heteroatoms. The number of aromatic nitrogens is 1. The summed E-state index contributed by atoms with van der Waals surface area (Å²) in [6.45, 7) is -1.71. The van der Waals surface area contributed by atoms with E-state index in [1.54, 1.807) is 6.07 Å². The SMILES string of the molecule is Cn1c(C(=O)Nc2ccc(F)c(C#N)c2)cc(C(=O)C(=O)NCC(F)(F)F)c1Cl. The van der Waals surface area contributed by atoms with Gasteiger partial charge in [0.05, 0.1) is 11.1 Å². The van der Waals surface area contributed by atoms with E-state index in [-0.39, 0.29) is 22.1 Å². The van der Waals surface area contributed by atoms with E-state index in [1.807, 2.05) is 0 Å². The molecule has 0 bridgehead atoms. The van der Waals surface area contributed by atoms with Crippen LogP contribution in [-0.4, -0.2) is 34.9 Å². The lowest BCUT2D eigenvalue weighted by molar-refractivity contribution is -0.135. The number of carbonyl (C=O) groups is 3. The Morgan fingerprint density at radius 3 is 2.48 bits per heavy atom. The molecule has 0 aliphatic heterocycles. The number of amides is 2. The topological polar surface area (TPSA) is 104 Å². The molecule has 7 nitrogen and oxygen atoms in total. The first-order valence-corrected chi connectivity index (χ1v) is 8.08. The molecule has 0 fully saturated rings. The van der Waals surface area contributed by atoms with E-state index in [1.165, 1.54) is 18.4 Å². The first-order valence-electron chi connectivity index (χ1n) is 7.70. The first-order chi connectivity index (χ1) is 13.4. The Morgan fingerprint density at radius 1 is 1.24 bits per heavy atom. The number of Topliss-reactive ketones (excluding diaryl/α,β-unsaturated/α-hetero) is 1. The Morgan fingerprint density at radius 2 is 1.90 bits per heavy atom. The Labute approximate surface area is 165 Å². The second-order valence-electron chi connectivity index (χ2n) is 5.68. The average molecular weight is 431 g/mol. The zero-order chi connectivity index (χ0) is 21.9. The summed E-state index contributed by atoms with van der Waals surface area (Å²) >= 11 is 5.93. The van der Waals surface area contributed by atoms with E-state index >= 15 is 0 Å². The third-order valence-electron chi connectivity index (χ3n) is 3.64. The molecule has 0 saturated heterocycles. The number of carbonyl (C=O) groups excluding carboxylic acids is 3. The van der Waals surface area contributed by atoms with Crippen molar-refractivity contribution in [3.8, 4) is 6.07 Å². The smallest absolute Gasteiger partial charge is 0.340 e. The summed E-state index contributed by atoms with van der Waals surface area (Å²) in [4.78, 5) is 36.1. The molecular weight excluding hydrogens is 420 g/mol. The molecule has 0 spiro atoms. The van der Waals surface area contributed by atoms with Crippen molar-refractivity contribution in [2.45, 2.75) is 6.18 Å². The number of rotatable bonds is 5. The fraction of sp³-hybridized carbons (Fsp3) is 0.176. The second kappa shape index (κ2) is 8.32. The van der Waals surface area contributed by atoms with Gasteiger partial charge in [-0.05, 0) is 24.3 Å². The molecule has 0 saturated carbocycles. The third-order valence-corrected chi connectivity index (χ3v) is 4.09. The van der Waals surface area contributed by atoms with Crippen LogP contribution in [0.2, 0.25) is 5.15 Å². The van der Waals surface area contributed by atoms with Crippen LogP contribution in [0.25, 0.3) is 0 Å². The molecule has 1 aromatic heterocycles. The van der Waals surface area contributed by atoms with Gasteiger partial charge in [-0.15, -0.1) is 0 Å². The van der Waals surface area contributed by atoms with Gasteiger partial charge in [-0.25, -0.2) is 4.39 Å². The molecule has 0 aliphatic carbocycles. The van der Waals surface area contributed by atoms with Crippen molar-refractivity contribution in [2.24, 2.45) is 7.05 Å². The minimum absolute atomic E-state index is 0.0704. The standard InChI is InChI=1S/C17H11ClF4N4O3/c1-26-12(15(28)25-9-2-3-11(19)8(4-9)6-23)5-10(14(26)18)13(27)16(29)24-7-17(20,21)22/h2-5H,7H2,1H3,(H,24,29)(H,25,28). The summed E-state index contributed by atoms with van der Waals surface area (Å²) in [7, 11) is 1.28. The maximum atomic E-state index is 13.3. The molecule has 29 heavy (non-hydrogen) atoms. The number of nitriles is 1. The molecule has 152 valence electrons. The molecule has 2 aromatic rings. The highest BCUT2D eigenvalue weighted by Crippen LogP contribution is 2.23. The molecule has 0 aliphatic rings. The average Bonchev–Trinajstić information content (AvgIpc) is 2.95. The molecule has 0 unspecified atom stereocenters. The Balaban J connectivity index is 2.23. The fourth-order valence-electron chi connectivity index (χ4n) is 2.22. The van der Waals surface area contributed by atoms with Gasteiger partial charge in [0.25, 0.3) is 17.6 Å². The predicted octanol–water partition coefficient (Wildman–Crippen LogP) is 2.80. The highest BCUT2D eigenvalue weighted by molar-refractivity contribution is 6.47. The van der Waals surface area contributed by atoms with Crippen LogP contribution in [-0.2, 0) is 11.8 Å². The van der Waals surface area contributed by atoms with Crippen LogP contribution in [0.4, 0.5) is 23.2 Å². The maximum Gasteiger partial charge on any atom is 0.405 e. The summed E-state index contributed by atoms with van der Waals surface area (Å²) in [6.07, 6.45) is -4.71. The van der Waals surface area contributed by atoms with Crippen LogP contribution in [0.5, 0.6) is 0 Å². The third kappa shape index (κ3) is 5.11. The number of alkyl halides is 3. The van der Waals surface area contributed by atoms with Crippen LogP contribution in [0, 0.1) is 17.1 Å². The molecular formula is C17H11ClF4N4O3. The Hall–Kier alpha value is -3.39. The number of hydrogen-bond donors (Lipinski definition) is 2. The van der Waals surface area contributed by atoms with E-state index in [0.717, 1.165) is 22.8 Å². The predicted molar refractivity (Wildman–Crippen MR) is 92.9 cm³/mol. The van der Waals surface area contributed by atoms with Crippen molar-refractivity contribution in [3.63, 3.8) is 0 Å². The molecule has 2 amide bonds. The lowest BCUT2D eigenvalue weighted by Gasteiger charge is -2.07. The van der Waals surface area contributed by atoms with Gasteiger partial charge in [-0.2, -0.15) is 18.4 Å². The van der Waals surface area contributed by atoms with E-state index in [2.05, 4.69) is 5.32 Å². The largest absolute Gasteiger partial charge is 0.405 e. The van der Waals surface area contributed by atoms with Crippen molar-refractivity contribution in [2.75, 3.05) is 11.9 Å². The molecule has 0 atom stereocenters. The van der Waals surface area contributed by atoms with Gasteiger partial charge in [-0.1, -0.05) is 11.6 Å². The number of halogens is 5. The molecule has 2 rings (SSSR count). The number of benzene rings is 1. The number of ketones is 1. The van der Waals surface area contributed by atoms with Crippen molar-refractivity contribution in [3.05, 3.63) is 52.1 Å². The van der Waals surface area contributed by atoms with Gasteiger partial charge in [0.2, 0.25) is 0 Å². The van der Waals surface area contributed by atoms with Crippen LogP contribution < -0.4 is 10.6 Å². The summed E-state index contributed by atoms with van der Waals surface area (Å²) < 4.78 is 50.9. The summed E-state index contributed by atoms with van der Waals surface area (Å²) in [5, 5.41) is 12.2. The number of anilines is 1. The monoisotopic (exact) mass is 430 g/mol. The van der Waals surface area contributed by atoms with Gasteiger partial charge in [-0.3, -0.25) is 14.4 Å². The molecule has 2 N–H and O–H groups in total. The molecule has 1 aromatic carbocycles. The van der Waals surface area contributed by atoms with Gasteiger partial charge in [0.15, 0.2) is 0 Å². The van der Waals surface area contributed by atoms with E-state index < -0.39 is 41.7 Å². The molecule has 1 heterocycles. The summed E-state index contributed by atoms with van der Waals surface area (Å²) in [5.41, 5.74) is -0.924. The second-order valence-corrected chi connectivity index (χ2v) is 6.04. The number of nitrogens with one attached hydrogen (secondary N) is 2. The van der Waals surface area contributed by atoms with Crippen molar-refractivity contribution < 1.29 is 31.9 Å². The van der Waals surface area contributed by atoms with Crippen molar-refractivity contribution in [1.82, 2.24) is 9.88 Å². The quantitative estimate of drug-likeness (QED) is 0.432. The Kier molecular flexibility index (Phi) is 6.28. The minimum atomic E-state index is -4.71.